The fourth-order valence-corrected chi connectivity index (χ4v) is 3.12. The summed E-state index contributed by atoms with van der Waals surface area (Å²) in [6.45, 7) is 5.25. The van der Waals surface area contributed by atoms with Gasteiger partial charge in [0.05, 0.1) is 25.3 Å². The van der Waals surface area contributed by atoms with Gasteiger partial charge in [0.1, 0.15) is 12.7 Å². The number of carbonyl (C=O) groups is 1. The number of aromatic nitrogens is 3. The second-order valence-electron chi connectivity index (χ2n) is 7.22. The number of carbonyl (C=O) groups excluding carboxylic acids is 1. The Labute approximate surface area is 181 Å². The number of halogens is 1. The van der Waals surface area contributed by atoms with Crippen molar-refractivity contribution in [3.05, 3.63) is 65.2 Å². The molecular weight excluding hydrogens is 404 g/mol. The van der Waals surface area contributed by atoms with E-state index in [1.54, 1.807) is 23.1 Å². The molecule has 1 N–H and O–H groups in total. The minimum absolute atomic E-state index is 0.296. The Kier molecular flexibility index (Phi) is 7.30. The summed E-state index contributed by atoms with van der Waals surface area (Å²) >= 11 is 6.40. The summed E-state index contributed by atoms with van der Waals surface area (Å²) in [5.41, 5.74) is 1.97. The summed E-state index contributed by atoms with van der Waals surface area (Å²) < 4.78 is 12.9. The zero-order chi connectivity index (χ0) is 21.5. The van der Waals surface area contributed by atoms with Crippen molar-refractivity contribution in [2.45, 2.75) is 26.8 Å². The lowest BCUT2D eigenvalue weighted by molar-refractivity contribution is 0.102. The highest BCUT2D eigenvalue weighted by atomic mass is 35.5. The molecule has 1 amide bonds. The van der Waals surface area contributed by atoms with Crippen LogP contribution in [0, 0.1) is 5.92 Å². The van der Waals surface area contributed by atoms with Gasteiger partial charge in [0, 0.05) is 11.3 Å². The first-order chi connectivity index (χ1) is 14.5. The molecule has 0 saturated carbocycles. The largest absolute Gasteiger partial charge is 0.493 e. The van der Waals surface area contributed by atoms with Crippen molar-refractivity contribution < 1.29 is 14.3 Å². The number of hydrogen-bond donors (Lipinski definition) is 1. The summed E-state index contributed by atoms with van der Waals surface area (Å²) in [6, 6.07) is 10.8. The van der Waals surface area contributed by atoms with Crippen LogP contribution < -0.4 is 14.8 Å². The molecule has 0 aliphatic carbocycles. The predicted octanol–water partition coefficient (Wildman–Crippen LogP) is 4.67. The van der Waals surface area contributed by atoms with Crippen LogP contribution in [0.3, 0.4) is 0 Å². The van der Waals surface area contributed by atoms with E-state index in [0.717, 1.165) is 12.0 Å². The Bertz CT molecular complexity index is 990. The molecule has 0 aliphatic heterocycles. The maximum atomic E-state index is 12.9. The van der Waals surface area contributed by atoms with Crippen LogP contribution in [0.25, 0.3) is 0 Å². The van der Waals surface area contributed by atoms with Crippen LogP contribution >= 0.6 is 11.6 Å². The van der Waals surface area contributed by atoms with Gasteiger partial charge in [-0.15, -0.1) is 0 Å². The van der Waals surface area contributed by atoms with Crippen molar-refractivity contribution in [2.75, 3.05) is 19.0 Å². The lowest BCUT2D eigenvalue weighted by Gasteiger charge is -2.15. The first kappa shape index (κ1) is 21.6. The molecule has 0 aliphatic rings. The molecule has 1 heterocycles. The Hall–Kier alpha value is -3.06. The van der Waals surface area contributed by atoms with E-state index in [1.807, 2.05) is 24.3 Å². The van der Waals surface area contributed by atoms with Crippen LogP contribution in [0.2, 0.25) is 5.02 Å². The van der Waals surface area contributed by atoms with Crippen LogP contribution in [-0.4, -0.2) is 34.4 Å². The van der Waals surface area contributed by atoms with Crippen LogP contribution in [0.4, 0.5) is 5.69 Å². The molecular formula is C22H25ClN4O3. The molecule has 3 rings (SSSR count). The van der Waals surface area contributed by atoms with Gasteiger partial charge < -0.3 is 14.8 Å². The van der Waals surface area contributed by atoms with Gasteiger partial charge in [0.25, 0.3) is 5.91 Å². The number of hydrogen-bond acceptors (Lipinski definition) is 5. The molecule has 0 radical (unpaired) electrons. The first-order valence-corrected chi connectivity index (χ1v) is 10.1. The number of amides is 1. The van der Waals surface area contributed by atoms with Crippen LogP contribution in [0.1, 0.15) is 36.2 Å². The van der Waals surface area contributed by atoms with Crippen LogP contribution in [0.15, 0.2) is 49.1 Å². The van der Waals surface area contributed by atoms with E-state index in [0.29, 0.717) is 46.8 Å². The zero-order valence-electron chi connectivity index (χ0n) is 17.3. The minimum Gasteiger partial charge on any atom is -0.493 e. The van der Waals surface area contributed by atoms with Crippen LogP contribution in [0.5, 0.6) is 11.5 Å². The monoisotopic (exact) mass is 428 g/mol. The third kappa shape index (κ3) is 5.51. The number of nitrogens with zero attached hydrogens (tertiary/aromatic N) is 3. The average molecular weight is 429 g/mol. The summed E-state index contributed by atoms with van der Waals surface area (Å²) in [5.74, 6) is 1.09. The molecule has 8 heteroatoms. The topological polar surface area (TPSA) is 78.3 Å². The van der Waals surface area contributed by atoms with E-state index in [4.69, 9.17) is 21.1 Å². The van der Waals surface area contributed by atoms with Gasteiger partial charge in [-0.05, 0) is 36.1 Å². The Morgan fingerprint density at radius 1 is 1.27 bits per heavy atom. The highest BCUT2D eigenvalue weighted by molar-refractivity contribution is 6.32. The fraction of sp³-hybridized carbons (Fsp3) is 0.318. The molecule has 0 spiro atoms. The Morgan fingerprint density at radius 3 is 2.77 bits per heavy atom. The number of ether oxygens (including phenoxy) is 2. The number of nitrogens with one attached hydrogen (secondary N) is 1. The molecule has 0 saturated heterocycles. The smallest absolute Gasteiger partial charge is 0.255 e. The highest BCUT2D eigenvalue weighted by Gasteiger charge is 2.17. The van der Waals surface area contributed by atoms with E-state index in [-0.39, 0.29) is 5.91 Å². The van der Waals surface area contributed by atoms with E-state index in [1.165, 1.54) is 13.4 Å². The van der Waals surface area contributed by atoms with Gasteiger partial charge in [-0.2, -0.15) is 5.10 Å². The zero-order valence-corrected chi connectivity index (χ0v) is 18.0. The number of methoxy groups -OCH3 is 1. The normalized spacial score (nSPS) is 10.8. The Balaban J connectivity index is 1.78. The van der Waals surface area contributed by atoms with E-state index < -0.39 is 0 Å². The van der Waals surface area contributed by atoms with Gasteiger partial charge in [0.15, 0.2) is 11.5 Å². The minimum atomic E-state index is -0.296. The average Bonchev–Trinajstić information content (AvgIpc) is 3.23. The van der Waals surface area contributed by atoms with Crippen molar-refractivity contribution in [3.8, 4) is 11.5 Å². The predicted molar refractivity (Wildman–Crippen MR) is 116 cm³/mol. The highest BCUT2D eigenvalue weighted by Crippen LogP contribution is 2.37. The van der Waals surface area contributed by atoms with Gasteiger partial charge in [0.2, 0.25) is 0 Å². The molecule has 30 heavy (non-hydrogen) atoms. The maximum absolute atomic E-state index is 12.9. The van der Waals surface area contributed by atoms with Crippen molar-refractivity contribution >= 4 is 23.2 Å². The lowest BCUT2D eigenvalue weighted by atomic mass is 10.1. The second kappa shape index (κ2) is 10.1. The fourth-order valence-electron chi connectivity index (χ4n) is 2.85. The molecule has 2 aromatic carbocycles. The van der Waals surface area contributed by atoms with E-state index in [2.05, 4.69) is 29.2 Å². The standard InChI is InChI=1S/C22H25ClN4O3/c1-15(2)8-9-30-21-18(23)10-17(11-20(21)29-3)22(28)26-19-7-5-4-6-16(19)12-27-14-24-13-25-27/h4-7,10-11,13-15H,8-9,12H2,1-3H3,(H,26,28). The quantitative estimate of drug-likeness (QED) is 0.536. The summed E-state index contributed by atoms with van der Waals surface area (Å²) in [4.78, 5) is 16.9. The molecule has 3 aromatic rings. The summed E-state index contributed by atoms with van der Waals surface area (Å²) in [5, 5.41) is 7.39. The van der Waals surface area contributed by atoms with Gasteiger partial charge in [-0.1, -0.05) is 43.6 Å². The second-order valence-corrected chi connectivity index (χ2v) is 7.63. The maximum Gasteiger partial charge on any atom is 0.255 e. The van der Waals surface area contributed by atoms with Gasteiger partial charge in [-0.25, -0.2) is 9.67 Å². The molecule has 7 nitrogen and oxygen atoms in total. The third-order valence-electron chi connectivity index (χ3n) is 4.50. The third-order valence-corrected chi connectivity index (χ3v) is 4.78. The van der Waals surface area contributed by atoms with Crippen LogP contribution in [-0.2, 0) is 6.54 Å². The molecule has 0 atom stereocenters. The molecule has 0 bridgehead atoms. The number of rotatable bonds is 9. The number of anilines is 1. The number of benzene rings is 2. The van der Waals surface area contributed by atoms with Gasteiger partial charge >= 0.3 is 0 Å². The van der Waals surface area contributed by atoms with E-state index in [9.17, 15) is 4.79 Å². The molecule has 0 fully saturated rings. The molecule has 1 aromatic heterocycles. The van der Waals surface area contributed by atoms with Crippen molar-refractivity contribution in [1.29, 1.82) is 0 Å². The molecule has 0 unspecified atom stereocenters. The number of para-hydroxylation sites is 1. The SMILES string of the molecule is COc1cc(C(=O)Nc2ccccc2Cn2cncn2)cc(Cl)c1OCCC(C)C. The summed E-state index contributed by atoms with van der Waals surface area (Å²) in [6.07, 6.45) is 3.99. The van der Waals surface area contributed by atoms with Gasteiger partial charge in [-0.3, -0.25) is 4.79 Å². The van der Waals surface area contributed by atoms with Crippen molar-refractivity contribution in [1.82, 2.24) is 14.8 Å². The van der Waals surface area contributed by atoms with Crippen molar-refractivity contribution in [2.24, 2.45) is 5.92 Å². The van der Waals surface area contributed by atoms with Crippen molar-refractivity contribution in [3.63, 3.8) is 0 Å². The first-order valence-electron chi connectivity index (χ1n) is 9.70. The summed E-state index contributed by atoms with van der Waals surface area (Å²) in [7, 11) is 1.52. The lowest BCUT2D eigenvalue weighted by Crippen LogP contribution is -2.15. The Morgan fingerprint density at radius 2 is 2.07 bits per heavy atom. The molecule has 158 valence electrons. The van der Waals surface area contributed by atoms with E-state index >= 15 is 0 Å².